The van der Waals surface area contributed by atoms with Gasteiger partial charge in [0.25, 0.3) is 0 Å². The first-order valence-electron chi connectivity index (χ1n) is 15.0. The summed E-state index contributed by atoms with van der Waals surface area (Å²) in [6, 6.07) is -0.196. The fraction of sp³-hybridized carbons (Fsp3) is 0.967. The summed E-state index contributed by atoms with van der Waals surface area (Å²) in [5.74, 6) is 1.64. The Balaban J connectivity index is 1.77. The number of nitrogens with one attached hydrogen (secondary N) is 1. The number of rotatable bonds is 8. The zero-order valence-corrected chi connectivity index (χ0v) is 25.2. The Bertz CT molecular complexity index is 731. The standard InChI is InChI=1S/C30H55NO6/c1-12-23-16(5)17(6)26(31-22(11)32)30(34-23)37-28-19(8)20(9)29(35-25(28)14-3)36-27-18(7)15(4)21(10)33-24(27)13-2/h15-21,23-30H,12-14H2,1-11H3,(H,31,32)/t15?,16-,17+,18-,19-,20?,21+,23?,24?,25?,26?,27+,28-,29+,30-/m1/s1. The van der Waals surface area contributed by atoms with E-state index in [-0.39, 0.29) is 72.6 Å². The molecule has 0 aromatic heterocycles. The van der Waals surface area contributed by atoms with Gasteiger partial charge in [0.2, 0.25) is 5.91 Å². The van der Waals surface area contributed by atoms with Crippen molar-refractivity contribution in [2.45, 2.75) is 151 Å². The van der Waals surface area contributed by atoms with Crippen LogP contribution in [0.1, 0.15) is 95.4 Å². The van der Waals surface area contributed by atoms with Crippen LogP contribution in [0.3, 0.4) is 0 Å². The fourth-order valence-corrected chi connectivity index (χ4v) is 6.66. The predicted octanol–water partition coefficient (Wildman–Crippen LogP) is 5.55. The molecule has 7 nitrogen and oxygen atoms in total. The SMILES string of the molecule is CCC1O[C@@H](C)C(C)[C@@H](C)[C@@H]1O[C@@H]1OC(CC)[C@H](O[C@H]2OC(CC)[C@H](C)[C@H](C)C2NC(C)=O)[C@H](C)C1C. The molecule has 0 aromatic carbocycles. The first kappa shape index (κ1) is 30.8. The lowest BCUT2D eigenvalue weighted by Gasteiger charge is -2.51. The molecule has 0 aromatic rings. The molecule has 6 unspecified atom stereocenters. The minimum atomic E-state index is -0.506. The highest BCUT2D eigenvalue weighted by atomic mass is 16.7. The van der Waals surface area contributed by atoms with Gasteiger partial charge in [-0.25, -0.2) is 0 Å². The van der Waals surface area contributed by atoms with E-state index in [4.69, 9.17) is 23.7 Å². The van der Waals surface area contributed by atoms with E-state index in [1.807, 2.05) is 0 Å². The van der Waals surface area contributed by atoms with E-state index in [0.29, 0.717) is 17.8 Å². The lowest BCUT2D eigenvalue weighted by molar-refractivity contribution is -0.336. The Labute approximate surface area is 226 Å². The third-order valence-electron chi connectivity index (χ3n) is 10.0. The molecule has 7 heteroatoms. The van der Waals surface area contributed by atoms with Gasteiger partial charge in [-0.15, -0.1) is 0 Å². The van der Waals surface area contributed by atoms with Crippen molar-refractivity contribution in [2.75, 3.05) is 0 Å². The van der Waals surface area contributed by atoms with Gasteiger partial charge in [-0.3, -0.25) is 4.79 Å². The molecule has 3 saturated heterocycles. The minimum Gasteiger partial charge on any atom is -0.372 e. The van der Waals surface area contributed by atoms with Crippen LogP contribution < -0.4 is 5.32 Å². The zero-order valence-electron chi connectivity index (χ0n) is 25.2. The van der Waals surface area contributed by atoms with Crippen molar-refractivity contribution >= 4 is 5.91 Å². The third-order valence-corrected chi connectivity index (χ3v) is 10.0. The predicted molar refractivity (Wildman–Crippen MR) is 145 cm³/mol. The maximum atomic E-state index is 12.1. The van der Waals surface area contributed by atoms with Crippen molar-refractivity contribution in [3.63, 3.8) is 0 Å². The Kier molecular flexibility index (Phi) is 10.9. The van der Waals surface area contributed by atoms with Crippen LogP contribution >= 0.6 is 0 Å². The highest BCUT2D eigenvalue weighted by Crippen LogP contribution is 2.41. The lowest BCUT2D eigenvalue weighted by atomic mass is 9.80. The summed E-state index contributed by atoms with van der Waals surface area (Å²) in [5.41, 5.74) is 0. The molecule has 1 N–H and O–H groups in total. The second kappa shape index (κ2) is 13.1. The highest BCUT2D eigenvalue weighted by Gasteiger charge is 2.49. The molecular weight excluding hydrogens is 470 g/mol. The number of hydrogen-bond donors (Lipinski definition) is 1. The second-order valence-electron chi connectivity index (χ2n) is 12.3. The summed E-state index contributed by atoms with van der Waals surface area (Å²) in [4.78, 5) is 12.1. The fourth-order valence-electron chi connectivity index (χ4n) is 6.66. The van der Waals surface area contributed by atoms with E-state index >= 15 is 0 Å². The van der Waals surface area contributed by atoms with Crippen molar-refractivity contribution in [3.05, 3.63) is 0 Å². The molecule has 216 valence electrons. The van der Waals surface area contributed by atoms with Crippen LogP contribution in [-0.4, -0.2) is 61.2 Å². The molecule has 1 amide bonds. The monoisotopic (exact) mass is 525 g/mol. The molecule has 15 atom stereocenters. The van der Waals surface area contributed by atoms with E-state index in [0.717, 1.165) is 19.3 Å². The minimum absolute atomic E-state index is 0.00398. The summed E-state index contributed by atoms with van der Waals surface area (Å²) < 4.78 is 33.0. The molecule has 3 aliphatic rings. The van der Waals surface area contributed by atoms with Crippen LogP contribution in [-0.2, 0) is 28.5 Å². The molecule has 3 fully saturated rings. The van der Waals surface area contributed by atoms with Gasteiger partial charge in [-0.2, -0.15) is 0 Å². The van der Waals surface area contributed by atoms with E-state index < -0.39 is 6.29 Å². The largest absolute Gasteiger partial charge is 0.372 e. The molecule has 0 spiro atoms. The van der Waals surface area contributed by atoms with Crippen molar-refractivity contribution in [2.24, 2.45) is 35.5 Å². The van der Waals surface area contributed by atoms with Gasteiger partial charge < -0.3 is 29.0 Å². The van der Waals surface area contributed by atoms with E-state index in [9.17, 15) is 4.79 Å². The third kappa shape index (κ3) is 6.54. The van der Waals surface area contributed by atoms with Crippen LogP contribution in [0.2, 0.25) is 0 Å². The summed E-state index contributed by atoms with van der Waals surface area (Å²) in [6.45, 7) is 23.6. The molecule has 0 aliphatic carbocycles. The van der Waals surface area contributed by atoms with Gasteiger partial charge >= 0.3 is 0 Å². The van der Waals surface area contributed by atoms with Crippen LogP contribution in [0.15, 0.2) is 0 Å². The maximum absolute atomic E-state index is 12.1. The average molecular weight is 526 g/mol. The lowest BCUT2D eigenvalue weighted by Crippen LogP contribution is -2.61. The van der Waals surface area contributed by atoms with E-state index in [1.165, 1.54) is 0 Å². The quantitative estimate of drug-likeness (QED) is 0.448. The molecule has 0 bridgehead atoms. The van der Waals surface area contributed by atoms with Crippen molar-refractivity contribution < 1.29 is 28.5 Å². The van der Waals surface area contributed by atoms with Crippen LogP contribution in [0.5, 0.6) is 0 Å². The Morgan fingerprint density at radius 3 is 1.65 bits per heavy atom. The summed E-state index contributed by atoms with van der Waals surface area (Å²) in [5, 5.41) is 3.12. The average Bonchev–Trinajstić information content (AvgIpc) is 2.87. The van der Waals surface area contributed by atoms with Gasteiger partial charge in [-0.1, -0.05) is 62.3 Å². The van der Waals surface area contributed by atoms with Crippen LogP contribution in [0.4, 0.5) is 0 Å². The molecule has 37 heavy (non-hydrogen) atoms. The first-order valence-corrected chi connectivity index (χ1v) is 15.0. The highest BCUT2D eigenvalue weighted by molar-refractivity contribution is 5.73. The summed E-state index contributed by atoms with van der Waals surface area (Å²) >= 11 is 0. The molecular formula is C30H55NO6. The van der Waals surface area contributed by atoms with Crippen LogP contribution in [0, 0.1) is 35.5 Å². The molecule has 3 heterocycles. The second-order valence-corrected chi connectivity index (χ2v) is 12.3. The van der Waals surface area contributed by atoms with Gasteiger partial charge in [0.1, 0.15) is 0 Å². The van der Waals surface area contributed by atoms with E-state index in [1.54, 1.807) is 6.92 Å². The Morgan fingerprint density at radius 2 is 1.11 bits per heavy atom. The van der Waals surface area contributed by atoms with Crippen molar-refractivity contribution in [1.82, 2.24) is 5.32 Å². The number of ether oxygens (including phenoxy) is 5. The Hall–Kier alpha value is -0.730. The smallest absolute Gasteiger partial charge is 0.217 e. The van der Waals surface area contributed by atoms with Gasteiger partial charge in [0.15, 0.2) is 12.6 Å². The zero-order chi connectivity index (χ0) is 27.6. The normalized spacial score (nSPS) is 49.0. The maximum Gasteiger partial charge on any atom is 0.217 e. The van der Waals surface area contributed by atoms with Crippen LogP contribution in [0.25, 0.3) is 0 Å². The van der Waals surface area contributed by atoms with Gasteiger partial charge in [-0.05, 0) is 55.8 Å². The van der Waals surface area contributed by atoms with Gasteiger partial charge in [0.05, 0.1) is 42.7 Å². The molecule has 3 rings (SSSR count). The van der Waals surface area contributed by atoms with E-state index in [2.05, 4.69) is 74.6 Å². The molecule has 3 aliphatic heterocycles. The summed E-state index contributed by atoms with van der Waals surface area (Å²) in [6.07, 6.45) is 1.96. The van der Waals surface area contributed by atoms with Crippen molar-refractivity contribution in [1.29, 1.82) is 0 Å². The number of carbonyl (C=O) groups excluding carboxylic acids is 1. The Morgan fingerprint density at radius 1 is 0.622 bits per heavy atom. The first-order chi connectivity index (χ1) is 17.4. The molecule has 0 radical (unpaired) electrons. The number of carbonyl (C=O) groups is 1. The summed E-state index contributed by atoms with van der Waals surface area (Å²) in [7, 11) is 0. The molecule has 0 saturated carbocycles. The topological polar surface area (TPSA) is 75.2 Å². The van der Waals surface area contributed by atoms with Crippen molar-refractivity contribution in [3.8, 4) is 0 Å². The number of amides is 1. The van der Waals surface area contributed by atoms with Gasteiger partial charge in [0, 0.05) is 12.8 Å². The number of hydrogen-bond acceptors (Lipinski definition) is 6.